The first-order chi connectivity index (χ1) is 18.2. The molecule has 2 heterocycles. The first kappa shape index (κ1) is 27.6. The number of allylic oxidation sites excluding steroid dienone is 1. The number of aromatic nitrogens is 3. The third-order valence-electron chi connectivity index (χ3n) is 6.21. The number of halogens is 3. The number of nitriles is 1. The van der Waals surface area contributed by atoms with Crippen molar-refractivity contribution in [1.29, 1.82) is 5.26 Å². The number of carbonyl (C=O) groups is 1. The Labute approximate surface area is 220 Å². The molecule has 0 saturated heterocycles. The Morgan fingerprint density at radius 2 is 1.85 bits per heavy atom. The van der Waals surface area contributed by atoms with Gasteiger partial charge in [-0.15, -0.1) is 5.10 Å². The predicted octanol–water partition coefficient (Wildman–Crippen LogP) is 3.47. The molecular formula is C25H22F3N5O5S. The maximum Gasteiger partial charge on any atom is 0.416 e. The van der Waals surface area contributed by atoms with Crippen molar-refractivity contribution in [2.75, 3.05) is 16.9 Å². The van der Waals surface area contributed by atoms with Gasteiger partial charge in [0.15, 0.2) is 0 Å². The topological polar surface area (TPSA) is 138 Å². The molecule has 0 amide bonds. The van der Waals surface area contributed by atoms with E-state index in [0.717, 1.165) is 38.6 Å². The highest BCUT2D eigenvalue weighted by molar-refractivity contribution is 7.90. The predicted molar refractivity (Wildman–Crippen MR) is 134 cm³/mol. The Morgan fingerprint density at radius 1 is 1.18 bits per heavy atom. The Kier molecular flexibility index (Phi) is 7.14. The fourth-order valence-corrected chi connectivity index (χ4v) is 5.12. The number of rotatable bonds is 7. The van der Waals surface area contributed by atoms with Crippen molar-refractivity contribution >= 4 is 27.4 Å². The molecule has 10 nitrogen and oxygen atoms in total. The van der Waals surface area contributed by atoms with E-state index < -0.39 is 39.3 Å². The third-order valence-corrected chi connectivity index (χ3v) is 7.24. The molecule has 3 aromatic rings. The number of aliphatic carboxylic acids is 1. The summed E-state index contributed by atoms with van der Waals surface area (Å²) in [5.41, 5.74) is -1.49. The lowest BCUT2D eigenvalue weighted by Gasteiger charge is -2.35. The molecule has 0 aliphatic carbocycles. The molecule has 0 spiro atoms. The Balaban J connectivity index is 1.97. The van der Waals surface area contributed by atoms with Gasteiger partial charge >= 0.3 is 17.8 Å². The standard InChI is InChI=1S/C25H22F3N5O5S/c1-15-20(22(34)35)21(17-9-7-16(14-29)8-10-17)33-23(30-31(24(33)36)11-4-12-39(2,37)38)32(15)19-6-3-5-18(13-19)25(26,27)28/h3,5-10,13,21H,4,11-12H2,1-2H3,(H,34,35). The number of aryl methyl sites for hydroxylation is 1. The first-order valence-electron chi connectivity index (χ1n) is 11.5. The quantitative estimate of drug-likeness (QED) is 0.463. The van der Waals surface area contributed by atoms with Gasteiger partial charge in [0.1, 0.15) is 15.9 Å². The fraction of sp³-hybridized carbons (Fsp3) is 0.280. The largest absolute Gasteiger partial charge is 0.478 e. The van der Waals surface area contributed by atoms with Crippen LogP contribution in [0.5, 0.6) is 0 Å². The zero-order valence-electron chi connectivity index (χ0n) is 20.7. The molecule has 14 heteroatoms. The molecular weight excluding hydrogens is 539 g/mol. The van der Waals surface area contributed by atoms with Crippen LogP contribution >= 0.6 is 0 Å². The highest BCUT2D eigenvalue weighted by Crippen LogP contribution is 2.42. The summed E-state index contributed by atoms with van der Waals surface area (Å²) < 4.78 is 65.7. The van der Waals surface area contributed by atoms with Crippen molar-refractivity contribution < 1.29 is 31.5 Å². The van der Waals surface area contributed by atoms with E-state index in [9.17, 15) is 36.3 Å². The van der Waals surface area contributed by atoms with Crippen LogP contribution in [0.2, 0.25) is 0 Å². The molecule has 0 saturated carbocycles. The van der Waals surface area contributed by atoms with Gasteiger partial charge in [0.25, 0.3) is 0 Å². The number of hydrogen-bond acceptors (Lipinski definition) is 7. The van der Waals surface area contributed by atoms with E-state index in [1.54, 1.807) is 0 Å². The fourth-order valence-electron chi connectivity index (χ4n) is 4.46. The lowest BCUT2D eigenvalue weighted by atomic mass is 9.94. The van der Waals surface area contributed by atoms with E-state index in [0.29, 0.717) is 11.1 Å². The summed E-state index contributed by atoms with van der Waals surface area (Å²) in [5, 5.41) is 23.7. The van der Waals surface area contributed by atoms with E-state index in [1.165, 1.54) is 37.3 Å². The van der Waals surface area contributed by atoms with Gasteiger partial charge in [0, 0.05) is 24.2 Å². The summed E-state index contributed by atoms with van der Waals surface area (Å²) >= 11 is 0. The second kappa shape index (κ2) is 10.1. The Bertz CT molecular complexity index is 1680. The van der Waals surface area contributed by atoms with E-state index in [-0.39, 0.29) is 41.6 Å². The van der Waals surface area contributed by atoms with Gasteiger partial charge in [-0.3, -0.25) is 4.90 Å². The molecule has 0 radical (unpaired) electrons. The average molecular weight is 562 g/mol. The third kappa shape index (κ3) is 5.44. The van der Waals surface area contributed by atoms with Gasteiger partial charge in [0.05, 0.1) is 28.5 Å². The van der Waals surface area contributed by atoms with E-state index in [2.05, 4.69) is 5.10 Å². The molecule has 4 rings (SSSR count). The molecule has 2 aromatic carbocycles. The minimum Gasteiger partial charge on any atom is -0.478 e. The van der Waals surface area contributed by atoms with Crippen LogP contribution in [0, 0.1) is 11.3 Å². The van der Waals surface area contributed by atoms with Crippen molar-refractivity contribution in [3.8, 4) is 6.07 Å². The number of alkyl halides is 3. The smallest absolute Gasteiger partial charge is 0.416 e. The van der Waals surface area contributed by atoms with Crippen molar-refractivity contribution in [2.24, 2.45) is 0 Å². The number of benzene rings is 2. The van der Waals surface area contributed by atoms with Gasteiger partial charge in [0.2, 0.25) is 5.95 Å². The molecule has 1 aliphatic heterocycles. The molecule has 1 N–H and O–H groups in total. The molecule has 204 valence electrons. The normalized spacial score (nSPS) is 15.7. The molecule has 1 unspecified atom stereocenters. The van der Waals surface area contributed by atoms with Crippen LogP contribution in [0.3, 0.4) is 0 Å². The molecule has 1 aliphatic rings. The van der Waals surface area contributed by atoms with Crippen molar-refractivity contribution in [1.82, 2.24) is 14.3 Å². The van der Waals surface area contributed by atoms with Crippen LogP contribution < -0.4 is 10.6 Å². The van der Waals surface area contributed by atoms with Crippen LogP contribution in [0.15, 0.2) is 64.6 Å². The highest BCUT2D eigenvalue weighted by atomic mass is 32.2. The number of carboxylic acid groups (broad SMARTS) is 1. The van der Waals surface area contributed by atoms with Gasteiger partial charge in [-0.2, -0.15) is 18.4 Å². The highest BCUT2D eigenvalue weighted by Gasteiger charge is 2.40. The molecule has 0 bridgehead atoms. The average Bonchev–Trinajstić information content (AvgIpc) is 3.17. The van der Waals surface area contributed by atoms with Crippen LogP contribution in [0.25, 0.3) is 0 Å². The van der Waals surface area contributed by atoms with Gasteiger partial charge in [-0.05, 0) is 49.2 Å². The lowest BCUT2D eigenvalue weighted by molar-refractivity contribution is -0.137. The maximum atomic E-state index is 13.6. The monoisotopic (exact) mass is 561 g/mol. The van der Waals surface area contributed by atoms with Gasteiger partial charge in [-0.1, -0.05) is 18.2 Å². The van der Waals surface area contributed by atoms with Gasteiger partial charge in [-0.25, -0.2) is 27.3 Å². The first-order valence-corrected chi connectivity index (χ1v) is 13.6. The van der Waals surface area contributed by atoms with Crippen molar-refractivity contribution in [3.63, 3.8) is 0 Å². The second-order valence-corrected chi connectivity index (χ2v) is 11.2. The zero-order valence-corrected chi connectivity index (χ0v) is 21.5. The lowest BCUT2D eigenvalue weighted by Crippen LogP contribution is -2.38. The maximum absolute atomic E-state index is 13.6. The summed E-state index contributed by atoms with van der Waals surface area (Å²) in [7, 11) is -3.35. The van der Waals surface area contributed by atoms with Gasteiger partial charge < -0.3 is 5.11 Å². The zero-order chi connectivity index (χ0) is 28.7. The SMILES string of the molecule is CC1=C(C(=O)O)C(c2ccc(C#N)cc2)n2c(nn(CCCS(C)(=O)=O)c2=O)N1c1cccc(C(F)(F)F)c1. The summed E-state index contributed by atoms with van der Waals surface area (Å²) in [6, 6.07) is 10.8. The number of sulfone groups is 1. The van der Waals surface area contributed by atoms with E-state index >= 15 is 0 Å². The summed E-state index contributed by atoms with van der Waals surface area (Å²) in [6.07, 6.45) is -3.62. The van der Waals surface area contributed by atoms with Crippen LogP contribution in [0.1, 0.15) is 36.1 Å². The molecule has 1 atom stereocenters. The summed E-state index contributed by atoms with van der Waals surface area (Å²) in [6.45, 7) is 1.26. The minimum atomic E-state index is -4.69. The molecule has 0 fully saturated rings. The van der Waals surface area contributed by atoms with Crippen LogP contribution in [-0.4, -0.2) is 45.8 Å². The molecule has 39 heavy (non-hydrogen) atoms. The van der Waals surface area contributed by atoms with Crippen molar-refractivity contribution in [3.05, 3.63) is 87.0 Å². The number of anilines is 2. The van der Waals surface area contributed by atoms with Crippen LogP contribution in [0.4, 0.5) is 24.8 Å². The Morgan fingerprint density at radius 3 is 2.41 bits per heavy atom. The second-order valence-electron chi connectivity index (χ2n) is 8.98. The summed E-state index contributed by atoms with van der Waals surface area (Å²) in [4.78, 5) is 27.3. The minimum absolute atomic E-state index is 0.0250. The van der Waals surface area contributed by atoms with E-state index in [4.69, 9.17) is 5.26 Å². The Hall–Kier alpha value is -4.38. The molecule has 1 aromatic heterocycles. The number of carboxylic acids is 1. The number of nitrogens with zero attached hydrogens (tertiary/aromatic N) is 5. The number of fused-ring (bicyclic) bond motifs is 1. The summed E-state index contributed by atoms with van der Waals surface area (Å²) in [5.74, 6) is -1.80. The number of hydrogen-bond donors (Lipinski definition) is 1. The van der Waals surface area contributed by atoms with Crippen molar-refractivity contribution in [2.45, 2.75) is 32.1 Å². The van der Waals surface area contributed by atoms with E-state index in [1.807, 2.05) is 6.07 Å². The van der Waals surface area contributed by atoms with Crippen LogP contribution in [-0.2, 0) is 27.4 Å².